The van der Waals surface area contributed by atoms with Crippen LogP contribution in [-0.2, 0) is 0 Å². The molecule has 0 bridgehead atoms. The third-order valence-electron chi connectivity index (χ3n) is 4.21. The van der Waals surface area contributed by atoms with E-state index in [-0.39, 0.29) is 10.9 Å². The molecule has 0 fully saturated rings. The van der Waals surface area contributed by atoms with Crippen LogP contribution in [0.5, 0.6) is 0 Å². The summed E-state index contributed by atoms with van der Waals surface area (Å²) in [4.78, 5) is 17.1. The Morgan fingerprint density at radius 1 is 1.07 bits per heavy atom. The van der Waals surface area contributed by atoms with Crippen LogP contribution in [0.15, 0.2) is 81.8 Å². The molecule has 0 atom stereocenters. The van der Waals surface area contributed by atoms with E-state index < -0.39 is 5.82 Å². The van der Waals surface area contributed by atoms with E-state index in [0.29, 0.717) is 28.5 Å². The predicted molar refractivity (Wildman–Crippen MR) is 114 cm³/mol. The van der Waals surface area contributed by atoms with Crippen LogP contribution in [-0.4, -0.2) is 10.9 Å². The van der Waals surface area contributed by atoms with Crippen LogP contribution in [0.2, 0.25) is 5.02 Å². The molecular weight excluding hydrogens is 459 g/mol. The first kappa shape index (κ1) is 19.4. The average Bonchev–Trinajstić information content (AvgIpc) is 3.21. The molecule has 144 valence electrons. The summed E-state index contributed by atoms with van der Waals surface area (Å²) in [6, 6.07) is 18.6. The minimum absolute atomic E-state index is 0.0667. The smallest absolute Gasteiger partial charge is 0.256 e. The second-order valence-corrected chi connectivity index (χ2v) is 7.49. The standard InChI is InChI=1S/C22H13BrClFN2O2/c23-14-7-5-13(6-8-14)20-12-26-22(29-20)17-4-2-1-3-16(17)21(28)27-15-9-10-19(25)18(24)11-15/h1-12H,(H,27,28). The summed E-state index contributed by atoms with van der Waals surface area (Å²) < 4.78 is 20.2. The minimum Gasteiger partial charge on any atom is -0.436 e. The lowest BCUT2D eigenvalue weighted by Crippen LogP contribution is -2.13. The Labute approximate surface area is 179 Å². The van der Waals surface area contributed by atoms with Crippen LogP contribution < -0.4 is 5.32 Å². The van der Waals surface area contributed by atoms with E-state index in [0.717, 1.165) is 10.0 Å². The molecule has 1 N–H and O–H groups in total. The number of carbonyl (C=O) groups is 1. The second-order valence-electron chi connectivity index (χ2n) is 6.17. The summed E-state index contributed by atoms with van der Waals surface area (Å²) in [5.74, 6) is -0.0178. The van der Waals surface area contributed by atoms with Gasteiger partial charge < -0.3 is 9.73 Å². The van der Waals surface area contributed by atoms with E-state index in [2.05, 4.69) is 26.2 Å². The first-order chi connectivity index (χ1) is 14.0. The lowest BCUT2D eigenvalue weighted by atomic mass is 10.1. The van der Waals surface area contributed by atoms with Crippen LogP contribution in [0.25, 0.3) is 22.8 Å². The van der Waals surface area contributed by atoms with Gasteiger partial charge in [-0.15, -0.1) is 0 Å². The van der Waals surface area contributed by atoms with Crippen molar-refractivity contribution in [2.45, 2.75) is 0 Å². The molecule has 1 heterocycles. The number of nitrogens with zero attached hydrogens (tertiary/aromatic N) is 1. The maximum absolute atomic E-state index is 13.3. The van der Waals surface area contributed by atoms with Gasteiger partial charge in [0.1, 0.15) is 5.82 Å². The van der Waals surface area contributed by atoms with Crippen molar-refractivity contribution < 1.29 is 13.6 Å². The largest absolute Gasteiger partial charge is 0.436 e. The van der Waals surface area contributed by atoms with Crippen molar-refractivity contribution in [3.05, 3.63) is 93.8 Å². The number of oxazole rings is 1. The lowest BCUT2D eigenvalue weighted by molar-refractivity contribution is 0.102. The van der Waals surface area contributed by atoms with Gasteiger partial charge in [0.25, 0.3) is 5.91 Å². The van der Waals surface area contributed by atoms with Gasteiger partial charge in [-0.25, -0.2) is 9.37 Å². The number of aromatic nitrogens is 1. The van der Waals surface area contributed by atoms with Crippen LogP contribution in [0.1, 0.15) is 10.4 Å². The molecule has 7 heteroatoms. The molecule has 0 radical (unpaired) electrons. The van der Waals surface area contributed by atoms with Crippen LogP contribution >= 0.6 is 27.5 Å². The first-order valence-electron chi connectivity index (χ1n) is 8.59. The summed E-state index contributed by atoms with van der Waals surface area (Å²) in [5, 5.41) is 2.65. The van der Waals surface area contributed by atoms with Gasteiger partial charge in [-0.3, -0.25) is 4.79 Å². The van der Waals surface area contributed by atoms with Gasteiger partial charge in [-0.1, -0.05) is 51.8 Å². The maximum atomic E-state index is 13.3. The third-order valence-corrected chi connectivity index (χ3v) is 5.03. The molecule has 0 saturated carbocycles. The van der Waals surface area contributed by atoms with Gasteiger partial charge in [-0.2, -0.15) is 0 Å². The lowest BCUT2D eigenvalue weighted by Gasteiger charge is -2.09. The maximum Gasteiger partial charge on any atom is 0.256 e. The zero-order valence-electron chi connectivity index (χ0n) is 14.8. The second kappa shape index (κ2) is 8.19. The molecular formula is C22H13BrClFN2O2. The minimum atomic E-state index is -0.551. The number of benzene rings is 3. The molecule has 4 rings (SSSR count). The van der Waals surface area contributed by atoms with Crippen molar-refractivity contribution in [1.82, 2.24) is 4.98 Å². The Balaban J connectivity index is 1.64. The molecule has 1 amide bonds. The number of anilines is 1. The number of hydrogen-bond donors (Lipinski definition) is 1. The van der Waals surface area contributed by atoms with Gasteiger partial charge in [-0.05, 0) is 42.5 Å². The van der Waals surface area contributed by atoms with Crippen LogP contribution in [0.4, 0.5) is 10.1 Å². The third kappa shape index (κ3) is 4.23. The molecule has 0 saturated heterocycles. The summed E-state index contributed by atoms with van der Waals surface area (Å²) in [6.45, 7) is 0. The van der Waals surface area contributed by atoms with Crippen molar-refractivity contribution in [3.63, 3.8) is 0 Å². The van der Waals surface area contributed by atoms with Crippen molar-refractivity contribution in [2.75, 3.05) is 5.32 Å². The number of nitrogens with one attached hydrogen (secondary N) is 1. The topological polar surface area (TPSA) is 55.1 Å². The number of hydrogen-bond acceptors (Lipinski definition) is 3. The first-order valence-corrected chi connectivity index (χ1v) is 9.76. The fraction of sp³-hybridized carbons (Fsp3) is 0. The quantitative estimate of drug-likeness (QED) is 0.355. The summed E-state index contributed by atoms with van der Waals surface area (Å²) in [5.41, 5.74) is 2.17. The highest BCUT2D eigenvalue weighted by atomic mass is 79.9. The summed E-state index contributed by atoms with van der Waals surface area (Å²) in [6.07, 6.45) is 1.62. The SMILES string of the molecule is O=C(Nc1ccc(F)c(Cl)c1)c1ccccc1-c1ncc(-c2ccc(Br)cc2)o1. The van der Waals surface area contributed by atoms with Crippen molar-refractivity contribution in [2.24, 2.45) is 0 Å². The molecule has 3 aromatic carbocycles. The molecule has 0 spiro atoms. The Morgan fingerprint density at radius 3 is 2.59 bits per heavy atom. The number of carbonyl (C=O) groups excluding carboxylic acids is 1. The molecule has 0 aliphatic carbocycles. The molecule has 29 heavy (non-hydrogen) atoms. The summed E-state index contributed by atoms with van der Waals surface area (Å²) in [7, 11) is 0. The Morgan fingerprint density at radius 2 is 1.83 bits per heavy atom. The molecule has 0 aliphatic heterocycles. The van der Waals surface area contributed by atoms with Gasteiger partial charge in [0, 0.05) is 21.3 Å². The Hall–Kier alpha value is -2.96. The fourth-order valence-corrected chi connectivity index (χ4v) is 3.23. The Bertz CT molecular complexity index is 1190. The van der Waals surface area contributed by atoms with Gasteiger partial charge in [0.15, 0.2) is 5.76 Å². The average molecular weight is 472 g/mol. The predicted octanol–water partition coefficient (Wildman–Crippen LogP) is 6.82. The highest BCUT2D eigenvalue weighted by Crippen LogP contribution is 2.29. The number of halogens is 3. The van der Waals surface area contributed by atoms with E-state index in [1.165, 1.54) is 18.2 Å². The van der Waals surface area contributed by atoms with Crippen LogP contribution in [0, 0.1) is 5.82 Å². The molecule has 4 nitrogen and oxygen atoms in total. The fourth-order valence-electron chi connectivity index (χ4n) is 2.79. The normalized spacial score (nSPS) is 10.7. The van der Waals surface area contributed by atoms with Crippen molar-refractivity contribution >= 4 is 39.1 Å². The van der Waals surface area contributed by atoms with Crippen molar-refractivity contribution in [3.8, 4) is 22.8 Å². The van der Waals surface area contributed by atoms with Crippen molar-refractivity contribution in [1.29, 1.82) is 0 Å². The molecule has 4 aromatic rings. The number of amides is 1. The highest BCUT2D eigenvalue weighted by molar-refractivity contribution is 9.10. The van der Waals surface area contributed by atoms with E-state index in [1.54, 1.807) is 30.5 Å². The van der Waals surface area contributed by atoms with E-state index in [1.807, 2.05) is 24.3 Å². The van der Waals surface area contributed by atoms with E-state index in [4.69, 9.17) is 16.0 Å². The van der Waals surface area contributed by atoms with Gasteiger partial charge in [0.2, 0.25) is 5.89 Å². The summed E-state index contributed by atoms with van der Waals surface area (Å²) >= 11 is 9.19. The zero-order valence-corrected chi connectivity index (χ0v) is 17.2. The molecule has 0 aliphatic rings. The Kier molecular flexibility index (Phi) is 5.47. The van der Waals surface area contributed by atoms with Gasteiger partial charge in [0.05, 0.1) is 16.8 Å². The molecule has 0 unspecified atom stereocenters. The van der Waals surface area contributed by atoms with E-state index >= 15 is 0 Å². The molecule has 1 aromatic heterocycles. The zero-order chi connectivity index (χ0) is 20.4. The number of rotatable bonds is 4. The van der Waals surface area contributed by atoms with E-state index in [9.17, 15) is 9.18 Å². The van der Waals surface area contributed by atoms with Crippen LogP contribution in [0.3, 0.4) is 0 Å². The highest BCUT2D eigenvalue weighted by Gasteiger charge is 2.17. The van der Waals surface area contributed by atoms with Gasteiger partial charge >= 0.3 is 0 Å². The monoisotopic (exact) mass is 470 g/mol.